The van der Waals surface area contributed by atoms with Crippen molar-refractivity contribution in [1.29, 1.82) is 0 Å². The van der Waals surface area contributed by atoms with Crippen molar-refractivity contribution in [2.24, 2.45) is 5.92 Å². The van der Waals surface area contributed by atoms with E-state index in [0.29, 0.717) is 24.6 Å². The first-order valence-corrected chi connectivity index (χ1v) is 6.58. The number of hydrogen-bond acceptors (Lipinski definition) is 3. The zero-order valence-corrected chi connectivity index (χ0v) is 11.1. The standard InChI is InChI=1S/C12H12Cl2N2O2/c13-9-3-7(4-10(14)15-9)11(17)16-5-12(18,6-16)8-1-2-8/h3-4,8,18H,1-2,5-6H2. The molecule has 6 heteroatoms. The van der Waals surface area contributed by atoms with Crippen molar-refractivity contribution < 1.29 is 9.90 Å². The van der Waals surface area contributed by atoms with E-state index in [-0.39, 0.29) is 16.2 Å². The Morgan fingerprint density at radius 2 is 1.89 bits per heavy atom. The summed E-state index contributed by atoms with van der Waals surface area (Å²) in [5, 5.41) is 10.6. The van der Waals surface area contributed by atoms with Crippen LogP contribution in [0.3, 0.4) is 0 Å². The third-order valence-electron chi connectivity index (χ3n) is 3.56. The number of aromatic nitrogens is 1. The number of β-amino-alcohol motifs (C(OH)–C–C–N with tert-alkyl or cyclic N) is 1. The van der Waals surface area contributed by atoms with Crippen molar-refractivity contribution in [2.45, 2.75) is 18.4 Å². The van der Waals surface area contributed by atoms with Crippen LogP contribution in [0.4, 0.5) is 0 Å². The van der Waals surface area contributed by atoms with Crippen molar-refractivity contribution in [1.82, 2.24) is 9.88 Å². The van der Waals surface area contributed by atoms with Gasteiger partial charge in [-0.3, -0.25) is 4.79 Å². The number of pyridine rings is 1. The van der Waals surface area contributed by atoms with Gasteiger partial charge >= 0.3 is 0 Å². The van der Waals surface area contributed by atoms with Gasteiger partial charge in [0.1, 0.15) is 15.9 Å². The first-order valence-electron chi connectivity index (χ1n) is 5.83. The zero-order valence-electron chi connectivity index (χ0n) is 9.57. The van der Waals surface area contributed by atoms with Gasteiger partial charge in [0, 0.05) is 5.56 Å². The molecular formula is C12H12Cl2N2O2. The summed E-state index contributed by atoms with van der Waals surface area (Å²) in [6, 6.07) is 2.98. The summed E-state index contributed by atoms with van der Waals surface area (Å²) in [7, 11) is 0. The Morgan fingerprint density at radius 3 is 2.39 bits per heavy atom. The lowest BCUT2D eigenvalue weighted by Gasteiger charge is -2.47. The highest BCUT2D eigenvalue weighted by atomic mass is 35.5. The number of nitrogens with zero attached hydrogens (tertiary/aromatic N) is 2. The van der Waals surface area contributed by atoms with Gasteiger partial charge in [0.15, 0.2) is 0 Å². The van der Waals surface area contributed by atoms with Crippen molar-refractivity contribution >= 4 is 29.1 Å². The van der Waals surface area contributed by atoms with Crippen LogP contribution in [0.5, 0.6) is 0 Å². The van der Waals surface area contributed by atoms with E-state index in [1.165, 1.54) is 12.1 Å². The molecule has 96 valence electrons. The highest BCUT2D eigenvalue weighted by Gasteiger charge is 2.53. The smallest absolute Gasteiger partial charge is 0.254 e. The Kier molecular flexibility index (Phi) is 2.77. The molecule has 1 aliphatic carbocycles. The quantitative estimate of drug-likeness (QED) is 0.846. The number of hydrogen-bond donors (Lipinski definition) is 1. The molecule has 2 fully saturated rings. The molecule has 0 atom stereocenters. The fourth-order valence-corrected chi connectivity index (χ4v) is 2.87. The fourth-order valence-electron chi connectivity index (χ4n) is 2.41. The van der Waals surface area contributed by atoms with Crippen LogP contribution in [0.25, 0.3) is 0 Å². The van der Waals surface area contributed by atoms with E-state index in [9.17, 15) is 9.90 Å². The van der Waals surface area contributed by atoms with Crippen LogP contribution in [0, 0.1) is 5.92 Å². The Balaban J connectivity index is 1.72. The van der Waals surface area contributed by atoms with Crippen molar-refractivity contribution in [3.63, 3.8) is 0 Å². The lowest BCUT2D eigenvalue weighted by atomic mass is 9.88. The fraction of sp³-hybridized carbons (Fsp3) is 0.500. The van der Waals surface area contributed by atoms with Crippen LogP contribution in [0.1, 0.15) is 23.2 Å². The van der Waals surface area contributed by atoms with E-state index in [2.05, 4.69) is 4.98 Å². The molecule has 0 spiro atoms. The van der Waals surface area contributed by atoms with Crippen molar-refractivity contribution in [3.8, 4) is 0 Å². The Labute approximate surface area is 115 Å². The van der Waals surface area contributed by atoms with Crippen LogP contribution in [0.2, 0.25) is 10.3 Å². The van der Waals surface area contributed by atoms with Gasteiger partial charge in [0.05, 0.1) is 13.1 Å². The SMILES string of the molecule is O=C(c1cc(Cl)nc(Cl)c1)N1CC(O)(C2CC2)C1. The van der Waals surface area contributed by atoms with E-state index in [1.54, 1.807) is 4.90 Å². The highest BCUT2D eigenvalue weighted by molar-refractivity contribution is 6.33. The third kappa shape index (κ3) is 2.09. The maximum atomic E-state index is 12.1. The third-order valence-corrected chi connectivity index (χ3v) is 3.95. The molecule has 0 bridgehead atoms. The summed E-state index contributed by atoms with van der Waals surface area (Å²) < 4.78 is 0. The molecule has 1 saturated heterocycles. The number of carbonyl (C=O) groups excluding carboxylic acids is 1. The van der Waals surface area contributed by atoms with Crippen molar-refractivity contribution in [3.05, 3.63) is 28.0 Å². The molecule has 2 heterocycles. The second-order valence-corrected chi connectivity index (χ2v) is 5.81. The topological polar surface area (TPSA) is 53.4 Å². The number of rotatable bonds is 2. The summed E-state index contributed by atoms with van der Waals surface area (Å²) >= 11 is 11.5. The van der Waals surface area contributed by atoms with E-state index in [1.807, 2.05) is 0 Å². The normalized spacial score (nSPS) is 21.6. The lowest BCUT2D eigenvalue weighted by Crippen LogP contribution is -2.64. The molecule has 0 aromatic carbocycles. The molecule has 4 nitrogen and oxygen atoms in total. The predicted octanol–water partition coefficient (Wildman–Crippen LogP) is 1.99. The second-order valence-electron chi connectivity index (χ2n) is 5.04. The van der Waals surface area contributed by atoms with Gasteiger partial charge in [0.25, 0.3) is 5.91 Å². The summed E-state index contributed by atoms with van der Waals surface area (Å²) in [6.07, 6.45) is 2.12. The van der Waals surface area contributed by atoms with Crippen LogP contribution in [-0.2, 0) is 0 Å². The molecule has 1 amide bonds. The molecule has 1 aromatic rings. The number of aliphatic hydroxyl groups is 1. The van der Waals surface area contributed by atoms with E-state index < -0.39 is 5.60 Å². The molecule has 0 unspecified atom stereocenters. The molecule has 1 saturated carbocycles. The Hall–Kier alpha value is -0.840. The minimum absolute atomic E-state index is 0.161. The number of carbonyl (C=O) groups is 1. The maximum Gasteiger partial charge on any atom is 0.254 e. The predicted molar refractivity (Wildman–Crippen MR) is 67.8 cm³/mol. The van der Waals surface area contributed by atoms with Gasteiger partial charge in [-0.05, 0) is 30.9 Å². The highest BCUT2D eigenvalue weighted by Crippen LogP contribution is 2.44. The average molecular weight is 287 g/mol. The van der Waals surface area contributed by atoms with Crippen molar-refractivity contribution in [2.75, 3.05) is 13.1 Å². The Morgan fingerprint density at radius 1 is 1.33 bits per heavy atom. The molecule has 3 rings (SSSR count). The molecule has 2 aliphatic rings. The Bertz CT molecular complexity index is 491. The van der Waals surface area contributed by atoms with Crippen LogP contribution in [0.15, 0.2) is 12.1 Å². The number of likely N-dealkylation sites (tertiary alicyclic amines) is 1. The summed E-state index contributed by atoms with van der Waals surface area (Å²) in [5.41, 5.74) is -0.256. The minimum Gasteiger partial charge on any atom is -0.386 e. The molecular weight excluding hydrogens is 275 g/mol. The first kappa shape index (κ1) is 12.2. The molecule has 1 N–H and O–H groups in total. The number of amides is 1. The minimum atomic E-state index is -0.670. The average Bonchev–Trinajstić information content (AvgIpc) is 3.06. The number of halogens is 2. The van der Waals surface area contributed by atoms with Gasteiger partial charge < -0.3 is 10.0 Å². The molecule has 1 aliphatic heterocycles. The van der Waals surface area contributed by atoms with Gasteiger partial charge in [-0.15, -0.1) is 0 Å². The van der Waals surface area contributed by atoms with Gasteiger partial charge in [0.2, 0.25) is 0 Å². The van der Waals surface area contributed by atoms with Gasteiger partial charge in [-0.2, -0.15) is 0 Å². The molecule has 0 radical (unpaired) electrons. The van der Waals surface area contributed by atoms with Gasteiger partial charge in [-0.1, -0.05) is 23.2 Å². The first-order chi connectivity index (χ1) is 8.48. The molecule has 18 heavy (non-hydrogen) atoms. The summed E-state index contributed by atoms with van der Waals surface area (Å²) in [5.74, 6) is 0.206. The monoisotopic (exact) mass is 286 g/mol. The van der Waals surface area contributed by atoms with Crippen LogP contribution < -0.4 is 0 Å². The van der Waals surface area contributed by atoms with E-state index in [0.717, 1.165) is 12.8 Å². The largest absolute Gasteiger partial charge is 0.386 e. The van der Waals surface area contributed by atoms with Crippen LogP contribution >= 0.6 is 23.2 Å². The van der Waals surface area contributed by atoms with Crippen LogP contribution in [-0.4, -0.2) is 39.6 Å². The van der Waals surface area contributed by atoms with E-state index >= 15 is 0 Å². The van der Waals surface area contributed by atoms with E-state index in [4.69, 9.17) is 23.2 Å². The second kappa shape index (κ2) is 4.08. The van der Waals surface area contributed by atoms with Gasteiger partial charge in [-0.25, -0.2) is 4.98 Å². The summed E-state index contributed by atoms with van der Waals surface area (Å²) in [4.78, 5) is 17.5. The maximum absolute atomic E-state index is 12.1. The lowest BCUT2D eigenvalue weighted by molar-refractivity contribution is -0.0958. The summed E-state index contributed by atoms with van der Waals surface area (Å²) in [6.45, 7) is 0.794. The molecule has 1 aromatic heterocycles. The zero-order chi connectivity index (χ0) is 12.9.